The Morgan fingerprint density at radius 3 is 2.00 bits per heavy atom. The van der Waals surface area contributed by atoms with Gasteiger partial charge in [0.1, 0.15) is 0 Å². The maximum atomic E-state index is 10.6. The summed E-state index contributed by atoms with van der Waals surface area (Å²) in [5.41, 5.74) is 1.41. The van der Waals surface area contributed by atoms with E-state index in [0.29, 0.717) is 17.3 Å². The molecule has 0 amide bonds. The number of hydrogen-bond acceptors (Lipinski definition) is 6. The molecule has 0 fully saturated rings. The van der Waals surface area contributed by atoms with E-state index < -0.39 is 4.92 Å². The standard InChI is InChI=1S/C13H8N4O3/c18-17(19)11-3-1-9(2-4-11)12-15-16-13(20-12)10-5-7-14-8-6-10/h1-8H. The van der Waals surface area contributed by atoms with Gasteiger partial charge in [-0.15, -0.1) is 10.2 Å². The lowest BCUT2D eigenvalue weighted by atomic mass is 10.2. The number of rotatable bonds is 3. The van der Waals surface area contributed by atoms with Crippen molar-refractivity contribution in [1.29, 1.82) is 0 Å². The van der Waals surface area contributed by atoms with Crippen LogP contribution in [0.3, 0.4) is 0 Å². The molecule has 0 saturated heterocycles. The highest BCUT2D eigenvalue weighted by Crippen LogP contribution is 2.24. The average molecular weight is 268 g/mol. The summed E-state index contributed by atoms with van der Waals surface area (Å²) in [6, 6.07) is 9.45. The minimum absolute atomic E-state index is 0.0163. The van der Waals surface area contributed by atoms with Crippen molar-refractivity contribution in [3.8, 4) is 22.9 Å². The van der Waals surface area contributed by atoms with Crippen molar-refractivity contribution < 1.29 is 9.34 Å². The van der Waals surface area contributed by atoms with Gasteiger partial charge in [-0.05, 0) is 24.3 Å². The summed E-state index contributed by atoms with van der Waals surface area (Å²) < 4.78 is 5.54. The molecular formula is C13H8N4O3. The number of nitro groups is 1. The van der Waals surface area contributed by atoms with Gasteiger partial charge >= 0.3 is 0 Å². The fourth-order valence-electron chi connectivity index (χ4n) is 1.68. The third-order valence-corrected chi connectivity index (χ3v) is 2.68. The first kappa shape index (κ1) is 12.0. The summed E-state index contributed by atoms with van der Waals surface area (Å²) in [6.45, 7) is 0. The van der Waals surface area contributed by atoms with Crippen LogP contribution in [0.4, 0.5) is 5.69 Å². The van der Waals surface area contributed by atoms with Gasteiger partial charge < -0.3 is 4.42 Å². The van der Waals surface area contributed by atoms with E-state index in [1.165, 1.54) is 12.1 Å². The van der Waals surface area contributed by atoms with Crippen LogP contribution < -0.4 is 0 Å². The van der Waals surface area contributed by atoms with Crippen LogP contribution >= 0.6 is 0 Å². The number of pyridine rings is 1. The lowest BCUT2D eigenvalue weighted by molar-refractivity contribution is -0.384. The lowest BCUT2D eigenvalue weighted by Crippen LogP contribution is -1.87. The number of hydrogen-bond donors (Lipinski definition) is 0. The molecule has 0 aliphatic heterocycles. The van der Waals surface area contributed by atoms with Gasteiger partial charge in [-0.3, -0.25) is 15.1 Å². The largest absolute Gasteiger partial charge is 0.416 e. The van der Waals surface area contributed by atoms with Crippen LogP contribution in [0.5, 0.6) is 0 Å². The van der Waals surface area contributed by atoms with Crippen LogP contribution in [-0.4, -0.2) is 20.1 Å². The van der Waals surface area contributed by atoms with Crippen molar-refractivity contribution >= 4 is 5.69 Å². The van der Waals surface area contributed by atoms with Crippen molar-refractivity contribution in [2.45, 2.75) is 0 Å². The Kier molecular flexibility index (Phi) is 2.92. The molecule has 2 heterocycles. The van der Waals surface area contributed by atoms with Crippen LogP contribution in [0.15, 0.2) is 53.2 Å². The predicted octanol–water partition coefficient (Wildman–Crippen LogP) is 2.71. The fourth-order valence-corrected chi connectivity index (χ4v) is 1.68. The van der Waals surface area contributed by atoms with Crippen LogP contribution in [-0.2, 0) is 0 Å². The molecule has 1 aromatic carbocycles. The summed E-state index contributed by atoms with van der Waals surface area (Å²) in [4.78, 5) is 14.0. The van der Waals surface area contributed by atoms with E-state index in [2.05, 4.69) is 15.2 Å². The normalized spacial score (nSPS) is 10.4. The topological polar surface area (TPSA) is 95.0 Å². The zero-order valence-electron chi connectivity index (χ0n) is 10.1. The second kappa shape index (κ2) is 4.88. The second-order valence-electron chi connectivity index (χ2n) is 3.95. The van der Waals surface area contributed by atoms with Gasteiger partial charge in [0.25, 0.3) is 5.69 Å². The van der Waals surface area contributed by atoms with E-state index in [4.69, 9.17) is 4.42 Å². The van der Waals surface area contributed by atoms with Gasteiger partial charge in [0.15, 0.2) is 0 Å². The maximum absolute atomic E-state index is 10.6. The first-order valence-corrected chi connectivity index (χ1v) is 5.73. The Balaban J connectivity index is 1.92. The third-order valence-electron chi connectivity index (χ3n) is 2.68. The van der Waals surface area contributed by atoms with Crippen LogP contribution in [0.25, 0.3) is 22.9 Å². The van der Waals surface area contributed by atoms with Gasteiger partial charge in [0.2, 0.25) is 11.8 Å². The van der Waals surface area contributed by atoms with Crippen molar-refractivity contribution in [1.82, 2.24) is 15.2 Å². The molecule has 0 aliphatic carbocycles. The molecule has 3 aromatic rings. The van der Waals surface area contributed by atoms with E-state index in [1.54, 1.807) is 36.7 Å². The van der Waals surface area contributed by atoms with E-state index in [-0.39, 0.29) is 5.69 Å². The number of nitrogens with zero attached hydrogens (tertiary/aromatic N) is 4. The molecule has 20 heavy (non-hydrogen) atoms. The summed E-state index contributed by atoms with van der Waals surface area (Å²) in [5, 5.41) is 18.5. The third kappa shape index (κ3) is 2.24. The molecule has 7 nitrogen and oxygen atoms in total. The number of benzene rings is 1. The van der Waals surface area contributed by atoms with Crippen molar-refractivity contribution in [3.05, 3.63) is 58.9 Å². The molecule has 0 bridgehead atoms. The first-order chi connectivity index (χ1) is 9.74. The quantitative estimate of drug-likeness (QED) is 0.535. The second-order valence-corrected chi connectivity index (χ2v) is 3.95. The lowest BCUT2D eigenvalue weighted by Gasteiger charge is -1.95. The smallest absolute Gasteiger partial charge is 0.269 e. The summed E-state index contributed by atoms with van der Waals surface area (Å²) in [7, 11) is 0. The van der Waals surface area contributed by atoms with E-state index >= 15 is 0 Å². The van der Waals surface area contributed by atoms with Gasteiger partial charge in [-0.1, -0.05) is 0 Å². The number of nitro benzene ring substituents is 1. The van der Waals surface area contributed by atoms with Crippen LogP contribution in [0, 0.1) is 10.1 Å². The van der Waals surface area contributed by atoms with Gasteiger partial charge in [-0.2, -0.15) is 0 Å². The molecule has 3 rings (SSSR count). The molecule has 0 N–H and O–H groups in total. The van der Waals surface area contributed by atoms with E-state index in [0.717, 1.165) is 5.56 Å². The maximum Gasteiger partial charge on any atom is 0.269 e. The highest BCUT2D eigenvalue weighted by molar-refractivity contribution is 5.58. The van der Waals surface area contributed by atoms with Crippen LogP contribution in [0.1, 0.15) is 0 Å². The predicted molar refractivity (Wildman–Crippen MR) is 69.6 cm³/mol. The van der Waals surface area contributed by atoms with E-state index in [9.17, 15) is 10.1 Å². The molecule has 0 unspecified atom stereocenters. The van der Waals surface area contributed by atoms with Crippen molar-refractivity contribution in [3.63, 3.8) is 0 Å². The monoisotopic (exact) mass is 268 g/mol. The number of non-ortho nitro benzene ring substituents is 1. The number of aromatic nitrogens is 3. The summed E-state index contributed by atoms with van der Waals surface area (Å²) >= 11 is 0. The highest BCUT2D eigenvalue weighted by Gasteiger charge is 2.11. The Morgan fingerprint density at radius 2 is 1.45 bits per heavy atom. The Hall–Kier alpha value is -3.09. The molecule has 0 spiro atoms. The van der Waals surface area contributed by atoms with Crippen LogP contribution in [0.2, 0.25) is 0 Å². The zero-order valence-corrected chi connectivity index (χ0v) is 10.1. The average Bonchev–Trinajstić information content (AvgIpc) is 2.98. The molecule has 0 radical (unpaired) electrons. The SMILES string of the molecule is O=[N+]([O-])c1ccc(-c2nnc(-c3ccncc3)o2)cc1. The van der Waals surface area contributed by atoms with Gasteiger partial charge in [0, 0.05) is 35.7 Å². The molecule has 2 aromatic heterocycles. The Bertz CT molecular complexity index is 738. The van der Waals surface area contributed by atoms with Crippen molar-refractivity contribution in [2.24, 2.45) is 0 Å². The molecule has 0 atom stereocenters. The fraction of sp³-hybridized carbons (Fsp3) is 0. The molecule has 0 saturated carbocycles. The summed E-state index contributed by atoms with van der Waals surface area (Å²) in [5.74, 6) is 0.687. The summed E-state index contributed by atoms with van der Waals surface area (Å²) in [6.07, 6.45) is 3.26. The molecule has 7 heteroatoms. The van der Waals surface area contributed by atoms with Crippen molar-refractivity contribution in [2.75, 3.05) is 0 Å². The first-order valence-electron chi connectivity index (χ1n) is 5.73. The van der Waals surface area contributed by atoms with Gasteiger partial charge in [-0.25, -0.2) is 0 Å². The Labute approximate surface area is 113 Å². The highest BCUT2D eigenvalue weighted by atomic mass is 16.6. The zero-order chi connectivity index (χ0) is 13.9. The minimum Gasteiger partial charge on any atom is -0.416 e. The molecule has 98 valence electrons. The molecular weight excluding hydrogens is 260 g/mol. The molecule has 0 aliphatic rings. The van der Waals surface area contributed by atoms with Gasteiger partial charge in [0.05, 0.1) is 4.92 Å². The minimum atomic E-state index is -0.458. The van der Waals surface area contributed by atoms with E-state index in [1.807, 2.05) is 0 Å². The Morgan fingerprint density at radius 1 is 0.900 bits per heavy atom.